The maximum atomic E-state index is 9.20. The summed E-state index contributed by atoms with van der Waals surface area (Å²) in [6, 6.07) is 4.97. The Labute approximate surface area is 88.3 Å². The molecule has 2 rings (SSSR count). The zero-order valence-corrected chi connectivity index (χ0v) is 8.80. The van der Waals surface area contributed by atoms with Gasteiger partial charge in [-0.15, -0.1) is 0 Å². The van der Waals surface area contributed by atoms with Crippen LogP contribution in [0.25, 0.3) is 10.9 Å². The average molecular weight is 259 g/mol. The molecule has 0 saturated heterocycles. The molecule has 2 nitrogen and oxygen atoms in total. The number of phenols is 1. The summed E-state index contributed by atoms with van der Waals surface area (Å²) < 4.78 is 0.805. The van der Waals surface area contributed by atoms with Crippen molar-refractivity contribution in [2.75, 3.05) is 0 Å². The molecule has 1 heterocycles. The van der Waals surface area contributed by atoms with Gasteiger partial charge in [-0.3, -0.25) is 4.98 Å². The van der Waals surface area contributed by atoms with Gasteiger partial charge >= 0.3 is 0 Å². The Morgan fingerprint density at radius 1 is 1.38 bits per heavy atom. The molecule has 0 spiro atoms. The Balaban J connectivity index is 2.87. The lowest BCUT2D eigenvalue weighted by Crippen LogP contribution is -1.80. The zero-order valence-electron chi connectivity index (χ0n) is 6.46. The number of phenolic OH excluding ortho intramolecular Hbond substituents is 1. The highest BCUT2D eigenvalue weighted by Crippen LogP contribution is 2.30. The summed E-state index contributed by atoms with van der Waals surface area (Å²) >= 11 is 9.21. The molecule has 0 radical (unpaired) electrons. The minimum atomic E-state index is 0.203. The number of hydrogen-bond acceptors (Lipinski definition) is 2. The summed E-state index contributed by atoms with van der Waals surface area (Å²) in [5.74, 6) is 0.203. The van der Waals surface area contributed by atoms with Crippen molar-refractivity contribution in [2.24, 2.45) is 0 Å². The van der Waals surface area contributed by atoms with Gasteiger partial charge in [0.25, 0.3) is 0 Å². The van der Waals surface area contributed by atoms with E-state index in [2.05, 4.69) is 20.9 Å². The van der Waals surface area contributed by atoms with Crippen molar-refractivity contribution < 1.29 is 5.11 Å². The second-order valence-corrected chi connectivity index (χ2v) is 3.82. The lowest BCUT2D eigenvalue weighted by Gasteiger charge is -2.01. The van der Waals surface area contributed by atoms with Gasteiger partial charge in [0, 0.05) is 22.1 Å². The molecule has 0 amide bonds. The first kappa shape index (κ1) is 8.78. The van der Waals surface area contributed by atoms with Crippen LogP contribution in [0.15, 0.2) is 28.9 Å². The molecule has 0 fully saturated rings. The van der Waals surface area contributed by atoms with E-state index in [0.717, 1.165) is 15.4 Å². The van der Waals surface area contributed by atoms with E-state index in [9.17, 15) is 5.11 Å². The quantitative estimate of drug-likeness (QED) is 0.786. The largest absolute Gasteiger partial charge is 0.508 e. The molecule has 66 valence electrons. The summed E-state index contributed by atoms with van der Waals surface area (Å²) in [7, 11) is 0. The number of hydrogen-bond donors (Lipinski definition) is 1. The molecule has 0 bridgehead atoms. The van der Waals surface area contributed by atoms with Gasteiger partial charge in [-0.05, 0) is 28.1 Å². The van der Waals surface area contributed by atoms with Crippen molar-refractivity contribution in [3.63, 3.8) is 0 Å². The van der Waals surface area contributed by atoms with E-state index in [0.29, 0.717) is 5.02 Å². The van der Waals surface area contributed by atoms with E-state index in [1.807, 2.05) is 0 Å². The fourth-order valence-corrected chi connectivity index (χ4v) is 1.71. The van der Waals surface area contributed by atoms with E-state index in [1.54, 1.807) is 24.4 Å². The molecule has 0 aliphatic carbocycles. The van der Waals surface area contributed by atoms with Gasteiger partial charge in [-0.1, -0.05) is 11.6 Å². The molecular weight excluding hydrogens is 253 g/mol. The first-order valence-electron chi connectivity index (χ1n) is 3.61. The number of rotatable bonds is 0. The van der Waals surface area contributed by atoms with E-state index >= 15 is 0 Å². The van der Waals surface area contributed by atoms with Gasteiger partial charge in [0.05, 0.1) is 10.5 Å². The molecule has 0 saturated carbocycles. The molecule has 0 aliphatic heterocycles. The van der Waals surface area contributed by atoms with Crippen molar-refractivity contribution in [3.8, 4) is 5.75 Å². The SMILES string of the molecule is Oc1ccc2c(Br)c(Cl)cnc2c1. The number of pyridine rings is 1. The molecule has 0 unspecified atom stereocenters. The third-order valence-electron chi connectivity index (χ3n) is 1.74. The summed E-state index contributed by atoms with van der Waals surface area (Å²) in [6.45, 7) is 0. The Morgan fingerprint density at radius 2 is 2.15 bits per heavy atom. The molecule has 0 aliphatic rings. The Kier molecular flexibility index (Phi) is 2.14. The normalized spacial score (nSPS) is 10.6. The van der Waals surface area contributed by atoms with Crippen LogP contribution in [0.4, 0.5) is 0 Å². The Morgan fingerprint density at radius 3 is 2.92 bits per heavy atom. The van der Waals surface area contributed by atoms with Crippen LogP contribution in [0.3, 0.4) is 0 Å². The second kappa shape index (κ2) is 3.16. The molecule has 1 aromatic carbocycles. The van der Waals surface area contributed by atoms with Crippen LogP contribution in [0.1, 0.15) is 0 Å². The Bertz CT molecular complexity index is 472. The highest BCUT2D eigenvalue weighted by atomic mass is 79.9. The van der Waals surface area contributed by atoms with Crippen LogP contribution < -0.4 is 0 Å². The van der Waals surface area contributed by atoms with Crippen molar-refractivity contribution in [1.82, 2.24) is 4.98 Å². The zero-order chi connectivity index (χ0) is 9.42. The summed E-state index contributed by atoms with van der Waals surface area (Å²) in [6.07, 6.45) is 1.55. The Hall–Kier alpha value is -0.800. The standard InChI is InChI=1S/C9H5BrClNO/c10-9-6-2-1-5(13)3-8(6)12-4-7(9)11/h1-4,13H. The lowest BCUT2D eigenvalue weighted by molar-refractivity contribution is 0.476. The van der Waals surface area contributed by atoms with Crippen molar-refractivity contribution >= 4 is 38.4 Å². The van der Waals surface area contributed by atoms with Gasteiger partial charge in [-0.2, -0.15) is 0 Å². The molecule has 1 N–H and O–H groups in total. The van der Waals surface area contributed by atoms with Crippen LogP contribution in [-0.4, -0.2) is 10.1 Å². The highest BCUT2D eigenvalue weighted by molar-refractivity contribution is 9.10. The topological polar surface area (TPSA) is 33.1 Å². The predicted molar refractivity (Wildman–Crippen MR) is 56.1 cm³/mol. The molecule has 1 aromatic heterocycles. The first-order chi connectivity index (χ1) is 6.18. The van der Waals surface area contributed by atoms with Crippen LogP contribution in [0.5, 0.6) is 5.75 Å². The average Bonchev–Trinajstić information content (AvgIpc) is 2.12. The number of benzene rings is 1. The number of nitrogens with zero attached hydrogens (tertiary/aromatic N) is 1. The van der Waals surface area contributed by atoms with E-state index < -0.39 is 0 Å². The third kappa shape index (κ3) is 1.49. The predicted octanol–water partition coefficient (Wildman–Crippen LogP) is 3.36. The molecule has 2 aromatic rings. The molecule has 13 heavy (non-hydrogen) atoms. The molecule has 0 atom stereocenters. The van der Waals surface area contributed by atoms with Crippen LogP contribution in [0.2, 0.25) is 5.02 Å². The van der Waals surface area contributed by atoms with Gasteiger partial charge in [-0.25, -0.2) is 0 Å². The third-order valence-corrected chi connectivity index (χ3v) is 3.11. The summed E-state index contributed by atoms with van der Waals surface area (Å²) in [4.78, 5) is 4.08. The maximum absolute atomic E-state index is 9.20. The van der Waals surface area contributed by atoms with Crippen molar-refractivity contribution in [2.45, 2.75) is 0 Å². The monoisotopic (exact) mass is 257 g/mol. The van der Waals surface area contributed by atoms with E-state index in [4.69, 9.17) is 11.6 Å². The molecule has 4 heteroatoms. The van der Waals surface area contributed by atoms with Crippen LogP contribution in [-0.2, 0) is 0 Å². The number of fused-ring (bicyclic) bond motifs is 1. The van der Waals surface area contributed by atoms with E-state index in [-0.39, 0.29) is 5.75 Å². The number of aromatic hydroxyl groups is 1. The fraction of sp³-hybridized carbons (Fsp3) is 0. The van der Waals surface area contributed by atoms with Gasteiger partial charge in [0.2, 0.25) is 0 Å². The number of aromatic nitrogens is 1. The smallest absolute Gasteiger partial charge is 0.117 e. The maximum Gasteiger partial charge on any atom is 0.117 e. The summed E-state index contributed by atoms with van der Waals surface area (Å²) in [5.41, 5.74) is 0.719. The van der Waals surface area contributed by atoms with Crippen LogP contribution in [0, 0.1) is 0 Å². The second-order valence-electron chi connectivity index (χ2n) is 2.62. The molecular formula is C9H5BrClNO. The van der Waals surface area contributed by atoms with E-state index in [1.165, 1.54) is 0 Å². The lowest BCUT2D eigenvalue weighted by atomic mass is 10.2. The first-order valence-corrected chi connectivity index (χ1v) is 4.78. The highest BCUT2D eigenvalue weighted by Gasteiger charge is 2.04. The van der Waals surface area contributed by atoms with Crippen LogP contribution >= 0.6 is 27.5 Å². The minimum Gasteiger partial charge on any atom is -0.508 e. The summed E-state index contributed by atoms with van der Waals surface area (Å²) in [5, 5.41) is 10.7. The van der Waals surface area contributed by atoms with Crippen molar-refractivity contribution in [3.05, 3.63) is 33.9 Å². The van der Waals surface area contributed by atoms with Gasteiger partial charge < -0.3 is 5.11 Å². The fourth-order valence-electron chi connectivity index (χ4n) is 1.12. The van der Waals surface area contributed by atoms with Gasteiger partial charge in [0.15, 0.2) is 0 Å². The van der Waals surface area contributed by atoms with Gasteiger partial charge in [0.1, 0.15) is 5.75 Å². The minimum absolute atomic E-state index is 0.203. The number of halogens is 2. The van der Waals surface area contributed by atoms with Crippen molar-refractivity contribution in [1.29, 1.82) is 0 Å².